The molecule has 1 heterocycles. The minimum atomic E-state index is -1.46. The molecule has 0 saturated heterocycles. The number of hydrogen-bond donors (Lipinski definition) is 2. The van der Waals surface area contributed by atoms with E-state index in [1.807, 2.05) is 24.3 Å². The molecule has 0 bridgehead atoms. The zero-order chi connectivity index (χ0) is 8.55. The highest BCUT2D eigenvalue weighted by Crippen LogP contribution is 2.24. The van der Waals surface area contributed by atoms with Gasteiger partial charge in [0.05, 0.1) is 10.2 Å². The van der Waals surface area contributed by atoms with Gasteiger partial charge in [0, 0.05) is 0 Å². The number of aliphatic hydroxyl groups is 2. The van der Waals surface area contributed by atoms with Gasteiger partial charge in [-0.2, -0.15) is 0 Å². The maximum atomic E-state index is 8.83. The third-order valence-electron chi connectivity index (χ3n) is 1.53. The van der Waals surface area contributed by atoms with E-state index >= 15 is 0 Å². The van der Waals surface area contributed by atoms with Crippen molar-refractivity contribution in [2.45, 2.75) is 6.29 Å². The summed E-state index contributed by atoms with van der Waals surface area (Å²) in [7, 11) is 0. The van der Waals surface area contributed by atoms with Gasteiger partial charge in [0.15, 0.2) is 0 Å². The van der Waals surface area contributed by atoms with Crippen LogP contribution in [0.4, 0.5) is 0 Å². The highest BCUT2D eigenvalue weighted by molar-refractivity contribution is 7.18. The number of nitrogens with zero attached hydrogens (tertiary/aromatic N) is 1. The summed E-state index contributed by atoms with van der Waals surface area (Å²) in [4.78, 5) is 4.03. The van der Waals surface area contributed by atoms with E-state index in [1.165, 1.54) is 11.3 Å². The van der Waals surface area contributed by atoms with Crippen LogP contribution in [0.2, 0.25) is 0 Å². The van der Waals surface area contributed by atoms with Gasteiger partial charge in [-0.1, -0.05) is 12.1 Å². The second kappa shape index (κ2) is 2.82. The quantitative estimate of drug-likeness (QED) is 0.651. The first-order chi connectivity index (χ1) is 5.77. The van der Waals surface area contributed by atoms with Gasteiger partial charge in [-0.05, 0) is 12.1 Å². The summed E-state index contributed by atoms with van der Waals surface area (Å²) in [5.74, 6) is 0. The lowest BCUT2D eigenvalue weighted by Crippen LogP contribution is -1.91. The number of fused-ring (bicyclic) bond motifs is 1. The fourth-order valence-corrected chi connectivity index (χ4v) is 1.84. The normalized spacial score (nSPS) is 11.2. The molecule has 1 aromatic heterocycles. The summed E-state index contributed by atoms with van der Waals surface area (Å²) in [6.45, 7) is 0. The van der Waals surface area contributed by atoms with E-state index in [0.717, 1.165) is 10.2 Å². The zero-order valence-corrected chi connectivity index (χ0v) is 6.95. The van der Waals surface area contributed by atoms with Crippen molar-refractivity contribution < 1.29 is 10.2 Å². The summed E-state index contributed by atoms with van der Waals surface area (Å²) in [6.07, 6.45) is -1.46. The van der Waals surface area contributed by atoms with Gasteiger partial charge < -0.3 is 10.2 Å². The monoisotopic (exact) mass is 181 g/mol. The topological polar surface area (TPSA) is 53.4 Å². The van der Waals surface area contributed by atoms with Crippen molar-refractivity contribution in [3.8, 4) is 0 Å². The van der Waals surface area contributed by atoms with Crippen molar-refractivity contribution in [1.82, 2.24) is 4.98 Å². The van der Waals surface area contributed by atoms with Crippen molar-refractivity contribution in [3.05, 3.63) is 29.3 Å². The molecule has 2 N–H and O–H groups in total. The van der Waals surface area contributed by atoms with Crippen molar-refractivity contribution in [2.75, 3.05) is 0 Å². The molecule has 0 atom stereocenters. The molecule has 2 rings (SSSR count). The molecular formula is C8H7NO2S. The number of aromatic nitrogens is 1. The van der Waals surface area contributed by atoms with E-state index < -0.39 is 6.29 Å². The molecule has 0 fully saturated rings. The molecule has 12 heavy (non-hydrogen) atoms. The van der Waals surface area contributed by atoms with Crippen LogP contribution in [0.15, 0.2) is 24.3 Å². The maximum Gasteiger partial charge on any atom is 0.205 e. The van der Waals surface area contributed by atoms with Gasteiger partial charge in [0.1, 0.15) is 5.01 Å². The molecule has 0 aliphatic rings. The Morgan fingerprint density at radius 1 is 1.25 bits per heavy atom. The number of rotatable bonds is 1. The third kappa shape index (κ3) is 1.20. The zero-order valence-electron chi connectivity index (χ0n) is 6.14. The molecule has 0 radical (unpaired) electrons. The van der Waals surface area contributed by atoms with Gasteiger partial charge >= 0.3 is 0 Å². The van der Waals surface area contributed by atoms with Crippen LogP contribution in [0.25, 0.3) is 10.2 Å². The van der Waals surface area contributed by atoms with Crippen LogP contribution in [0.1, 0.15) is 11.3 Å². The van der Waals surface area contributed by atoms with Crippen LogP contribution in [0.5, 0.6) is 0 Å². The highest BCUT2D eigenvalue weighted by Gasteiger charge is 2.08. The van der Waals surface area contributed by atoms with Crippen LogP contribution >= 0.6 is 11.3 Å². The lowest BCUT2D eigenvalue weighted by molar-refractivity contribution is -0.0424. The van der Waals surface area contributed by atoms with Gasteiger partial charge in [0.2, 0.25) is 6.29 Å². The molecule has 2 aromatic rings. The van der Waals surface area contributed by atoms with E-state index in [9.17, 15) is 0 Å². The second-order valence-corrected chi connectivity index (χ2v) is 3.46. The first kappa shape index (κ1) is 7.67. The van der Waals surface area contributed by atoms with Gasteiger partial charge in [-0.15, -0.1) is 11.3 Å². The standard InChI is InChI=1S/C8H7NO2S/c10-8(11)7-9-5-3-1-2-4-6(5)12-7/h1-4,8,10-11H. The Labute approximate surface area is 72.9 Å². The van der Waals surface area contributed by atoms with E-state index in [2.05, 4.69) is 4.98 Å². The minimum Gasteiger partial charge on any atom is -0.363 e. The number of hydrogen-bond acceptors (Lipinski definition) is 4. The molecule has 0 aliphatic carbocycles. The van der Waals surface area contributed by atoms with Crippen molar-refractivity contribution in [1.29, 1.82) is 0 Å². The smallest absolute Gasteiger partial charge is 0.205 e. The van der Waals surface area contributed by atoms with Crippen LogP contribution in [-0.2, 0) is 0 Å². The van der Waals surface area contributed by atoms with Gasteiger partial charge in [-0.3, -0.25) is 0 Å². The van der Waals surface area contributed by atoms with E-state index in [1.54, 1.807) is 0 Å². The van der Waals surface area contributed by atoms with Crippen LogP contribution in [0.3, 0.4) is 0 Å². The fraction of sp³-hybridized carbons (Fsp3) is 0.125. The molecule has 0 aliphatic heterocycles. The molecule has 3 nitrogen and oxygen atoms in total. The van der Waals surface area contributed by atoms with Crippen molar-refractivity contribution >= 4 is 21.6 Å². The lowest BCUT2D eigenvalue weighted by Gasteiger charge is -1.93. The average molecular weight is 181 g/mol. The first-order valence-corrected chi connectivity index (χ1v) is 4.30. The maximum absolute atomic E-state index is 8.83. The van der Waals surface area contributed by atoms with Gasteiger partial charge in [0.25, 0.3) is 0 Å². The Bertz CT molecular complexity index is 364. The van der Waals surface area contributed by atoms with E-state index in [-0.39, 0.29) is 0 Å². The molecular weight excluding hydrogens is 174 g/mol. The summed E-state index contributed by atoms with van der Waals surface area (Å²) in [6, 6.07) is 7.51. The summed E-state index contributed by atoms with van der Waals surface area (Å²) >= 11 is 1.29. The average Bonchev–Trinajstić information content (AvgIpc) is 2.46. The van der Waals surface area contributed by atoms with E-state index in [4.69, 9.17) is 10.2 Å². The Balaban J connectivity index is 2.62. The summed E-state index contributed by atoms with van der Waals surface area (Å²) < 4.78 is 0.973. The Hall–Kier alpha value is -0.970. The Morgan fingerprint density at radius 3 is 2.67 bits per heavy atom. The summed E-state index contributed by atoms with van der Waals surface area (Å²) in [5.41, 5.74) is 0.811. The van der Waals surface area contributed by atoms with Crippen molar-refractivity contribution in [3.63, 3.8) is 0 Å². The Kier molecular flexibility index (Phi) is 1.80. The highest BCUT2D eigenvalue weighted by atomic mass is 32.1. The van der Waals surface area contributed by atoms with Gasteiger partial charge in [-0.25, -0.2) is 4.98 Å². The molecule has 62 valence electrons. The summed E-state index contributed by atoms with van der Waals surface area (Å²) in [5, 5.41) is 18.0. The molecule has 1 aromatic carbocycles. The van der Waals surface area contributed by atoms with E-state index in [0.29, 0.717) is 5.01 Å². The minimum absolute atomic E-state index is 0.344. The largest absolute Gasteiger partial charge is 0.363 e. The Morgan fingerprint density at radius 2 is 2.00 bits per heavy atom. The number of benzene rings is 1. The van der Waals surface area contributed by atoms with Crippen LogP contribution < -0.4 is 0 Å². The number of para-hydroxylation sites is 1. The molecule has 0 amide bonds. The third-order valence-corrected chi connectivity index (χ3v) is 2.61. The predicted molar refractivity (Wildman–Crippen MR) is 46.8 cm³/mol. The predicted octanol–water partition coefficient (Wildman–Crippen LogP) is 1.28. The SMILES string of the molecule is OC(O)c1nc2ccccc2s1. The second-order valence-electron chi connectivity index (χ2n) is 2.39. The molecule has 0 spiro atoms. The number of thiazole rings is 1. The molecule has 0 unspecified atom stereocenters. The fourth-order valence-electron chi connectivity index (χ4n) is 1.00. The molecule has 4 heteroatoms. The van der Waals surface area contributed by atoms with Crippen LogP contribution in [0, 0.1) is 0 Å². The lowest BCUT2D eigenvalue weighted by atomic mass is 10.3. The molecule has 0 saturated carbocycles. The first-order valence-electron chi connectivity index (χ1n) is 3.49. The van der Waals surface area contributed by atoms with Crippen LogP contribution in [-0.4, -0.2) is 15.2 Å². The van der Waals surface area contributed by atoms with Crippen molar-refractivity contribution in [2.24, 2.45) is 0 Å². The number of aliphatic hydroxyl groups excluding tert-OH is 1.